The van der Waals surface area contributed by atoms with E-state index >= 15 is 0 Å². The van der Waals surface area contributed by atoms with Gasteiger partial charge in [0.05, 0.1) is 0 Å². The Bertz CT molecular complexity index is 305. The highest BCUT2D eigenvalue weighted by Crippen LogP contribution is 2.19. The summed E-state index contributed by atoms with van der Waals surface area (Å²) in [5.74, 6) is -1.40. The van der Waals surface area contributed by atoms with Crippen LogP contribution < -0.4 is 0 Å². The van der Waals surface area contributed by atoms with Crippen LogP contribution in [-0.4, -0.2) is 0 Å². The number of unbranched alkanes of at least 4 members (excludes halogenated alkanes) is 1. The lowest BCUT2D eigenvalue weighted by molar-refractivity contribution is 0.497. The summed E-state index contributed by atoms with van der Waals surface area (Å²) in [5.41, 5.74) is 1.49. The molecule has 0 radical (unpaired) electrons. The molecule has 0 atom stereocenters. The molecule has 0 fully saturated rings. The van der Waals surface area contributed by atoms with E-state index in [-0.39, 0.29) is 0 Å². The molecule has 1 aromatic rings. The average molecular weight is 198 g/mol. The fourth-order valence-corrected chi connectivity index (χ4v) is 1.62. The fourth-order valence-electron chi connectivity index (χ4n) is 1.62. The molecule has 0 bridgehead atoms. The van der Waals surface area contributed by atoms with Gasteiger partial charge in [0.1, 0.15) is 0 Å². The second kappa shape index (κ2) is 5.08. The first-order valence-corrected chi connectivity index (χ1v) is 5.16. The van der Waals surface area contributed by atoms with Crippen LogP contribution in [0.3, 0.4) is 0 Å². The van der Waals surface area contributed by atoms with Crippen LogP contribution in [0.1, 0.15) is 37.8 Å². The van der Waals surface area contributed by atoms with Crippen LogP contribution >= 0.6 is 0 Å². The van der Waals surface area contributed by atoms with Crippen LogP contribution in [0.4, 0.5) is 8.78 Å². The Balaban J connectivity index is 2.98. The molecule has 0 aliphatic heterocycles. The van der Waals surface area contributed by atoms with Gasteiger partial charge in [-0.3, -0.25) is 0 Å². The highest BCUT2D eigenvalue weighted by Gasteiger charge is 2.10. The number of hydrogen-bond acceptors (Lipinski definition) is 0. The minimum absolute atomic E-state index is 0.540. The van der Waals surface area contributed by atoms with Gasteiger partial charge in [-0.2, -0.15) is 0 Å². The van der Waals surface area contributed by atoms with E-state index in [1.165, 1.54) is 6.07 Å². The molecule has 0 N–H and O–H groups in total. The van der Waals surface area contributed by atoms with E-state index in [4.69, 9.17) is 0 Å². The van der Waals surface area contributed by atoms with Gasteiger partial charge in [0.15, 0.2) is 11.6 Å². The van der Waals surface area contributed by atoms with E-state index in [0.717, 1.165) is 24.8 Å². The van der Waals surface area contributed by atoms with E-state index in [9.17, 15) is 8.78 Å². The van der Waals surface area contributed by atoms with Crippen LogP contribution in [-0.2, 0) is 12.8 Å². The Kier molecular flexibility index (Phi) is 4.05. The first-order valence-electron chi connectivity index (χ1n) is 5.16. The van der Waals surface area contributed by atoms with Crippen molar-refractivity contribution in [2.24, 2.45) is 0 Å². The van der Waals surface area contributed by atoms with Crippen molar-refractivity contribution >= 4 is 0 Å². The number of halogens is 2. The second-order valence-electron chi connectivity index (χ2n) is 3.46. The maximum absolute atomic E-state index is 13.3. The molecule has 0 aliphatic rings. The lowest BCUT2D eigenvalue weighted by Gasteiger charge is -2.08. The Labute approximate surface area is 84.0 Å². The Morgan fingerprint density at radius 1 is 1.14 bits per heavy atom. The molecule has 0 saturated heterocycles. The number of hydrogen-bond donors (Lipinski definition) is 0. The van der Waals surface area contributed by atoms with E-state index in [1.54, 1.807) is 6.07 Å². The molecule has 0 spiro atoms. The van der Waals surface area contributed by atoms with E-state index in [2.05, 4.69) is 6.92 Å². The smallest absolute Gasteiger partial charge is 0.162 e. The normalized spacial score (nSPS) is 10.6. The van der Waals surface area contributed by atoms with Crippen molar-refractivity contribution in [3.05, 3.63) is 34.9 Å². The zero-order valence-corrected chi connectivity index (χ0v) is 8.74. The first-order chi connectivity index (χ1) is 6.70. The van der Waals surface area contributed by atoms with Gasteiger partial charge in [0, 0.05) is 0 Å². The Morgan fingerprint density at radius 3 is 2.43 bits per heavy atom. The largest absolute Gasteiger partial charge is 0.204 e. The molecular formula is C12H16F2. The highest BCUT2D eigenvalue weighted by atomic mass is 19.2. The topological polar surface area (TPSA) is 0 Å². The second-order valence-corrected chi connectivity index (χ2v) is 3.46. The minimum atomic E-state index is -0.734. The molecule has 1 aromatic carbocycles. The van der Waals surface area contributed by atoms with Crippen molar-refractivity contribution < 1.29 is 8.78 Å². The SMILES string of the molecule is CCCCc1ccc(F)c(F)c1CC. The molecule has 0 amide bonds. The van der Waals surface area contributed by atoms with Crippen molar-refractivity contribution in [2.45, 2.75) is 39.5 Å². The fraction of sp³-hybridized carbons (Fsp3) is 0.500. The number of benzene rings is 1. The van der Waals surface area contributed by atoms with Gasteiger partial charge in [-0.15, -0.1) is 0 Å². The monoisotopic (exact) mass is 198 g/mol. The van der Waals surface area contributed by atoms with E-state index in [0.29, 0.717) is 12.0 Å². The zero-order chi connectivity index (χ0) is 10.6. The molecule has 0 heterocycles. The third kappa shape index (κ3) is 2.31. The standard InChI is InChI=1S/C12H16F2/c1-3-5-6-9-7-8-11(13)12(14)10(9)4-2/h7-8H,3-6H2,1-2H3. The predicted molar refractivity (Wildman–Crippen MR) is 54.3 cm³/mol. The maximum atomic E-state index is 13.3. The van der Waals surface area contributed by atoms with Crippen molar-refractivity contribution in [1.29, 1.82) is 0 Å². The summed E-state index contributed by atoms with van der Waals surface area (Å²) in [4.78, 5) is 0. The summed E-state index contributed by atoms with van der Waals surface area (Å²) in [7, 11) is 0. The van der Waals surface area contributed by atoms with Crippen molar-refractivity contribution in [3.63, 3.8) is 0 Å². The van der Waals surface area contributed by atoms with Crippen LogP contribution in [0.5, 0.6) is 0 Å². The summed E-state index contributed by atoms with van der Waals surface area (Å²) in [5, 5.41) is 0. The molecule has 0 unspecified atom stereocenters. The molecular weight excluding hydrogens is 182 g/mol. The van der Waals surface area contributed by atoms with Gasteiger partial charge in [0.2, 0.25) is 0 Å². The first kappa shape index (κ1) is 11.2. The molecule has 0 aromatic heterocycles. The van der Waals surface area contributed by atoms with Gasteiger partial charge >= 0.3 is 0 Å². The van der Waals surface area contributed by atoms with Crippen molar-refractivity contribution in [3.8, 4) is 0 Å². The zero-order valence-electron chi connectivity index (χ0n) is 8.74. The molecule has 14 heavy (non-hydrogen) atoms. The maximum Gasteiger partial charge on any atom is 0.162 e. The molecule has 0 aliphatic carbocycles. The molecule has 2 heteroatoms. The van der Waals surface area contributed by atoms with Crippen LogP contribution in [0.15, 0.2) is 12.1 Å². The third-order valence-corrected chi connectivity index (χ3v) is 2.45. The van der Waals surface area contributed by atoms with Crippen LogP contribution in [0, 0.1) is 11.6 Å². The number of rotatable bonds is 4. The quantitative estimate of drug-likeness (QED) is 0.689. The molecule has 78 valence electrons. The number of aryl methyl sites for hydroxylation is 1. The average Bonchev–Trinajstić information content (AvgIpc) is 2.20. The minimum Gasteiger partial charge on any atom is -0.204 e. The van der Waals surface area contributed by atoms with Crippen LogP contribution in [0.25, 0.3) is 0 Å². The lowest BCUT2D eigenvalue weighted by atomic mass is 9.99. The van der Waals surface area contributed by atoms with Gasteiger partial charge in [0.25, 0.3) is 0 Å². The van der Waals surface area contributed by atoms with Gasteiger partial charge in [-0.1, -0.05) is 26.3 Å². The van der Waals surface area contributed by atoms with Crippen molar-refractivity contribution in [2.75, 3.05) is 0 Å². The Morgan fingerprint density at radius 2 is 1.86 bits per heavy atom. The van der Waals surface area contributed by atoms with Gasteiger partial charge in [-0.25, -0.2) is 8.78 Å². The van der Waals surface area contributed by atoms with E-state index in [1.807, 2.05) is 6.92 Å². The van der Waals surface area contributed by atoms with Crippen LogP contribution in [0.2, 0.25) is 0 Å². The molecule has 0 nitrogen and oxygen atoms in total. The predicted octanol–water partition coefficient (Wildman–Crippen LogP) is 3.87. The van der Waals surface area contributed by atoms with Gasteiger partial charge in [-0.05, 0) is 36.5 Å². The van der Waals surface area contributed by atoms with Crippen molar-refractivity contribution in [1.82, 2.24) is 0 Å². The third-order valence-electron chi connectivity index (χ3n) is 2.45. The molecule has 0 saturated carbocycles. The summed E-state index contributed by atoms with van der Waals surface area (Å²) in [6, 6.07) is 2.92. The summed E-state index contributed by atoms with van der Waals surface area (Å²) >= 11 is 0. The highest BCUT2D eigenvalue weighted by molar-refractivity contribution is 5.29. The summed E-state index contributed by atoms with van der Waals surface area (Å²) in [6.45, 7) is 3.94. The molecule has 1 rings (SSSR count). The van der Waals surface area contributed by atoms with E-state index < -0.39 is 11.6 Å². The summed E-state index contributed by atoms with van der Waals surface area (Å²) in [6.07, 6.45) is 3.50. The lowest BCUT2D eigenvalue weighted by Crippen LogP contribution is -1.99. The van der Waals surface area contributed by atoms with Gasteiger partial charge < -0.3 is 0 Å². The Hall–Kier alpha value is -0.920. The summed E-state index contributed by atoms with van der Waals surface area (Å²) < 4.78 is 26.2.